The maximum atomic E-state index is 11.8. The Balaban J connectivity index is -0.0000000700. The normalized spacial score (nSPS) is 9.83. The molecule has 30 heavy (non-hydrogen) atoms. The second-order valence-electron chi connectivity index (χ2n) is 6.16. The zero-order valence-corrected chi connectivity index (χ0v) is 13.4. The standard InChI is InChI=1S/C18H25NO2.9CH4/c1-5-15(16-9-7-6-8-10-16)11-14(13-19)12-18(2,3)17(20)21-4;;;;;;;;;/h6-10,14-15H,5,11-12H2,1-4H3;9*1H4. The van der Waals surface area contributed by atoms with Crippen molar-refractivity contribution >= 4 is 5.97 Å². The maximum absolute atomic E-state index is 11.8. The first-order chi connectivity index (χ1) is 9.94. The molecule has 0 heterocycles. The van der Waals surface area contributed by atoms with Crippen molar-refractivity contribution in [3.05, 3.63) is 35.9 Å². The summed E-state index contributed by atoms with van der Waals surface area (Å²) in [6.07, 6.45) is 2.29. The quantitative estimate of drug-likeness (QED) is 0.403. The predicted octanol–water partition coefficient (Wildman–Crippen LogP) is 10.0. The van der Waals surface area contributed by atoms with Crippen molar-refractivity contribution < 1.29 is 9.53 Å². The van der Waals surface area contributed by atoms with Crippen LogP contribution in [0.1, 0.15) is 118 Å². The SMILES string of the molecule is C.C.C.C.C.C.C.C.C.CCC(CC(C#N)CC(C)(C)C(=O)OC)c1ccccc1. The molecule has 2 unspecified atom stereocenters. The lowest BCUT2D eigenvalue weighted by Crippen LogP contribution is -2.28. The van der Waals surface area contributed by atoms with Gasteiger partial charge in [-0.1, -0.05) is 104 Å². The van der Waals surface area contributed by atoms with Crippen molar-refractivity contribution in [2.45, 2.75) is 113 Å². The average Bonchev–Trinajstić information content (AvgIpc) is 2.51. The highest BCUT2D eigenvalue weighted by molar-refractivity contribution is 5.75. The molecule has 2 atom stereocenters. The summed E-state index contributed by atoms with van der Waals surface area (Å²) >= 11 is 0. The van der Waals surface area contributed by atoms with Gasteiger partial charge in [-0.05, 0) is 44.6 Å². The molecule has 0 aliphatic rings. The Morgan fingerprint density at radius 2 is 1.40 bits per heavy atom. The van der Waals surface area contributed by atoms with Crippen LogP contribution in [-0.4, -0.2) is 13.1 Å². The van der Waals surface area contributed by atoms with Crippen molar-refractivity contribution in [2.24, 2.45) is 11.3 Å². The van der Waals surface area contributed by atoms with E-state index < -0.39 is 5.41 Å². The van der Waals surface area contributed by atoms with Gasteiger partial charge < -0.3 is 4.74 Å². The highest BCUT2D eigenvalue weighted by Crippen LogP contribution is 2.34. The number of hydrogen-bond donors (Lipinski definition) is 0. The topological polar surface area (TPSA) is 50.1 Å². The molecule has 0 radical (unpaired) electrons. The minimum atomic E-state index is -0.621. The van der Waals surface area contributed by atoms with Crippen LogP contribution in [-0.2, 0) is 9.53 Å². The average molecular weight is 432 g/mol. The van der Waals surface area contributed by atoms with Gasteiger partial charge in [0, 0.05) is 5.92 Å². The Bertz CT molecular complexity index is 489. The molecule has 1 aromatic rings. The molecular formula is C27H61NO2. The number of carbonyl (C=O) groups is 1. The van der Waals surface area contributed by atoms with E-state index in [1.54, 1.807) is 0 Å². The molecular weight excluding hydrogens is 370 g/mol. The van der Waals surface area contributed by atoms with Gasteiger partial charge in [-0.25, -0.2) is 0 Å². The number of esters is 1. The summed E-state index contributed by atoms with van der Waals surface area (Å²) in [6.45, 7) is 5.82. The van der Waals surface area contributed by atoms with Crippen LogP contribution >= 0.6 is 0 Å². The number of ether oxygens (including phenoxy) is 1. The molecule has 0 spiro atoms. The van der Waals surface area contributed by atoms with Crippen molar-refractivity contribution in [1.82, 2.24) is 0 Å². The number of hydrogen-bond acceptors (Lipinski definition) is 3. The number of benzene rings is 1. The van der Waals surface area contributed by atoms with Gasteiger partial charge in [0.15, 0.2) is 0 Å². The summed E-state index contributed by atoms with van der Waals surface area (Å²) in [4.78, 5) is 11.8. The molecule has 0 saturated heterocycles. The first kappa shape index (κ1) is 56.6. The van der Waals surface area contributed by atoms with Gasteiger partial charge in [0.05, 0.1) is 18.6 Å². The van der Waals surface area contributed by atoms with Crippen LogP contribution in [0.3, 0.4) is 0 Å². The molecule has 0 aromatic heterocycles. The van der Waals surface area contributed by atoms with Crippen molar-refractivity contribution in [3.63, 3.8) is 0 Å². The summed E-state index contributed by atoms with van der Waals surface area (Å²) in [5.74, 6) is -0.0518. The van der Waals surface area contributed by atoms with E-state index in [9.17, 15) is 10.1 Å². The van der Waals surface area contributed by atoms with Gasteiger partial charge in [-0.15, -0.1) is 0 Å². The fourth-order valence-corrected chi connectivity index (χ4v) is 2.76. The smallest absolute Gasteiger partial charge is 0.311 e. The van der Waals surface area contributed by atoms with Crippen LogP contribution in [0.5, 0.6) is 0 Å². The summed E-state index contributed by atoms with van der Waals surface area (Å²) in [6, 6.07) is 12.6. The van der Waals surface area contributed by atoms with Crippen LogP contribution in [0.2, 0.25) is 0 Å². The highest BCUT2D eigenvalue weighted by atomic mass is 16.5. The van der Waals surface area contributed by atoms with Crippen LogP contribution in [0.15, 0.2) is 30.3 Å². The first-order valence-corrected chi connectivity index (χ1v) is 7.47. The van der Waals surface area contributed by atoms with E-state index in [0.717, 1.165) is 12.8 Å². The third kappa shape index (κ3) is 17.1. The largest absolute Gasteiger partial charge is 0.469 e. The summed E-state index contributed by atoms with van der Waals surface area (Å²) in [7, 11) is 1.39. The molecule has 0 N–H and O–H groups in total. The van der Waals surface area contributed by atoms with Gasteiger partial charge >= 0.3 is 5.97 Å². The number of nitriles is 1. The molecule has 0 aliphatic carbocycles. The number of rotatable bonds is 7. The number of nitrogens with zero attached hydrogens (tertiary/aromatic N) is 1. The fraction of sp³-hybridized carbons (Fsp3) is 0.704. The molecule has 3 nitrogen and oxygen atoms in total. The van der Waals surface area contributed by atoms with Crippen molar-refractivity contribution in [2.75, 3.05) is 7.11 Å². The van der Waals surface area contributed by atoms with Crippen LogP contribution < -0.4 is 0 Å². The van der Waals surface area contributed by atoms with E-state index >= 15 is 0 Å². The molecule has 0 bridgehead atoms. The Hall–Kier alpha value is -1.82. The second-order valence-corrected chi connectivity index (χ2v) is 6.16. The summed E-state index contributed by atoms with van der Waals surface area (Å²) in [5.41, 5.74) is 0.639. The lowest BCUT2D eigenvalue weighted by Gasteiger charge is -2.26. The zero-order valence-electron chi connectivity index (χ0n) is 13.4. The number of carbonyl (C=O) groups excluding carboxylic acids is 1. The third-order valence-electron chi connectivity index (χ3n) is 4.01. The van der Waals surface area contributed by atoms with E-state index in [-0.39, 0.29) is 78.7 Å². The van der Waals surface area contributed by atoms with E-state index in [1.165, 1.54) is 12.7 Å². The Morgan fingerprint density at radius 1 is 0.967 bits per heavy atom. The van der Waals surface area contributed by atoms with Crippen molar-refractivity contribution in [1.29, 1.82) is 5.26 Å². The molecule has 0 fully saturated rings. The Kier molecular flexibility index (Phi) is 51.3. The van der Waals surface area contributed by atoms with Crippen LogP contribution in [0.25, 0.3) is 0 Å². The highest BCUT2D eigenvalue weighted by Gasteiger charge is 2.32. The van der Waals surface area contributed by atoms with Gasteiger partial charge in [0.1, 0.15) is 0 Å². The minimum Gasteiger partial charge on any atom is -0.469 e. The van der Waals surface area contributed by atoms with Crippen molar-refractivity contribution in [3.8, 4) is 6.07 Å². The van der Waals surface area contributed by atoms with Crippen LogP contribution in [0.4, 0.5) is 0 Å². The lowest BCUT2D eigenvalue weighted by atomic mass is 9.78. The van der Waals surface area contributed by atoms with E-state index in [0.29, 0.717) is 12.3 Å². The summed E-state index contributed by atoms with van der Waals surface area (Å²) < 4.78 is 4.83. The predicted molar refractivity (Wildman–Crippen MR) is 144 cm³/mol. The van der Waals surface area contributed by atoms with Crippen LogP contribution in [0, 0.1) is 22.7 Å². The molecule has 186 valence electrons. The maximum Gasteiger partial charge on any atom is 0.311 e. The molecule has 3 heteroatoms. The molecule has 0 amide bonds. The van der Waals surface area contributed by atoms with E-state index in [2.05, 4.69) is 25.1 Å². The monoisotopic (exact) mass is 431 g/mol. The molecule has 1 rings (SSSR count). The zero-order chi connectivity index (χ0) is 15.9. The molecule has 1 aromatic carbocycles. The van der Waals surface area contributed by atoms with E-state index in [4.69, 9.17) is 4.74 Å². The van der Waals surface area contributed by atoms with Gasteiger partial charge in [0.25, 0.3) is 0 Å². The van der Waals surface area contributed by atoms with Gasteiger partial charge in [-0.3, -0.25) is 4.79 Å². The number of methoxy groups -OCH3 is 1. The van der Waals surface area contributed by atoms with Gasteiger partial charge in [0.2, 0.25) is 0 Å². The lowest BCUT2D eigenvalue weighted by molar-refractivity contribution is -0.151. The Labute approximate surface area is 194 Å². The molecule has 0 aliphatic heterocycles. The second kappa shape index (κ2) is 27.2. The van der Waals surface area contributed by atoms with Gasteiger partial charge in [-0.2, -0.15) is 5.26 Å². The first-order valence-electron chi connectivity index (χ1n) is 7.47. The molecule has 0 saturated carbocycles. The fourth-order valence-electron chi connectivity index (χ4n) is 2.76. The summed E-state index contributed by atoms with van der Waals surface area (Å²) in [5, 5.41) is 9.43. The Morgan fingerprint density at radius 3 is 1.73 bits per heavy atom. The minimum absolute atomic E-state index is 0. The third-order valence-corrected chi connectivity index (χ3v) is 4.01. The van der Waals surface area contributed by atoms with E-state index in [1.807, 2.05) is 32.0 Å².